The van der Waals surface area contributed by atoms with Gasteiger partial charge in [-0.15, -0.1) is 0 Å². The van der Waals surface area contributed by atoms with Crippen LogP contribution >= 0.6 is 0 Å². The zero-order chi connectivity index (χ0) is 23.5. The van der Waals surface area contributed by atoms with Gasteiger partial charge in [0.25, 0.3) is 5.91 Å². The Bertz CT molecular complexity index is 1040. The van der Waals surface area contributed by atoms with Crippen molar-refractivity contribution in [2.45, 2.75) is 27.0 Å². The summed E-state index contributed by atoms with van der Waals surface area (Å²) in [5.41, 5.74) is 2.37. The van der Waals surface area contributed by atoms with Gasteiger partial charge >= 0.3 is 0 Å². The van der Waals surface area contributed by atoms with Crippen LogP contribution in [0.3, 0.4) is 0 Å². The van der Waals surface area contributed by atoms with Gasteiger partial charge in [-0.3, -0.25) is 14.6 Å². The van der Waals surface area contributed by atoms with Crippen LogP contribution in [0.15, 0.2) is 73.1 Å². The first-order chi connectivity index (χ1) is 16.1. The number of pyridine rings is 1. The topological polar surface area (TPSA) is 80.8 Å². The van der Waals surface area contributed by atoms with Gasteiger partial charge in [0.05, 0.1) is 13.2 Å². The summed E-state index contributed by atoms with van der Waals surface area (Å²) in [5, 5.41) is 2.71. The number of hydrogen-bond donors (Lipinski definition) is 1. The second-order valence-corrected chi connectivity index (χ2v) is 7.32. The van der Waals surface area contributed by atoms with E-state index in [-0.39, 0.29) is 18.4 Å². The lowest BCUT2D eigenvalue weighted by molar-refractivity contribution is -0.130. The number of nitrogens with zero attached hydrogens (tertiary/aromatic N) is 2. The molecular formula is C26H29N3O4. The van der Waals surface area contributed by atoms with Crippen molar-refractivity contribution < 1.29 is 19.1 Å². The molecule has 0 saturated carbocycles. The fraction of sp³-hybridized carbons (Fsp3) is 0.269. The van der Waals surface area contributed by atoms with Crippen molar-refractivity contribution in [1.29, 1.82) is 0 Å². The molecule has 0 aliphatic carbocycles. The minimum atomic E-state index is -0.348. The number of amides is 2. The van der Waals surface area contributed by atoms with Crippen LogP contribution < -0.4 is 14.8 Å². The van der Waals surface area contributed by atoms with Crippen LogP contribution in [0.5, 0.6) is 11.5 Å². The first-order valence-electron chi connectivity index (χ1n) is 11.0. The Kier molecular flexibility index (Phi) is 8.82. The Morgan fingerprint density at radius 1 is 0.939 bits per heavy atom. The molecule has 1 heterocycles. The Labute approximate surface area is 194 Å². The molecule has 0 saturated heterocycles. The summed E-state index contributed by atoms with van der Waals surface area (Å²) in [6.07, 6.45) is 3.44. The first-order valence-corrected chi connectivity index (χ1v) is 11.0. The zero-order valence-corrected chi connectivity index (χ0v) is 19.0. The van der Waals surface area contributed by atoms with Crippen molar-refractivity contribution >= 4 is 11.8 Å². The second-order valence-electron chi connectivity index (χ2n) is 7.32. The van der Waals surface area contributed by atoms with Crippen LogP contribution in [-0.4, -0.2) is 41.4 Å². The highest BCUT2D eigenvalue weighted by atomic mass is 16.5. The van der Waals surface area contributed by atoms with Gasteiger partial charge in [-0.05, 0) is 43.7 Å². The number of likely N-dealkylation sites (N-methyl/N-ethyl adjacent to an activating group) is 1. The summed E-state index contributed by atoms with van der Waals surface area (Å²) >= 11 is 0. The van der Waals surface area contributed by atoms with E-state index >= 15 is 0 Å². The maximum Gasteiger partial charge on any atom is 0.251 e. The Hall–Kier alpha value is -3.87. The van der Waals surface area contributed by atoms with Crippen molar-refractivity contribution in [2.24, 2.45) is 0 Å². The lowest BCUT2D eigenvalue weighted by Gasteiger charge is -2.21. The van der Waals surface area contributed by atoms with Gasteiger partial charge < -0.3 is 19.7 Å². The highest BCUT2D eigenvalue weighted by Gasteiger charge is 2.16. The quantitative estimate of drug-likeness (QED) is 0.483. The number of carbonyl (C=O) groups is 2. The number of nitrogens with one attached hydrogen (secondary N) is 1. The highest BCUT2D eigenvalue weighted by molar-refractivity contribution is 5.97. The molecule has 3 rings (SSSR count). The van der Waals surface area contributed by atoms with E-state index in [0.717, 1.165) is 11.1 Å². The van der Waals surface area contributed by atoms with Crippen LogP contribution in [0, 0.1) is 0 Å². The van der Waals surface area contributed by atoms with Crippen molar-refractivity contribution in [3.8, 4) is 11.5 Å². The molecule has 1 aromatic heterocycles. The van der Waals surface area contributed by atoms with Gasteiger partial charge in [-0.1, -0.05) is 36.4 Å². The summed E-state index contributed by atoms with van der Waals surface area (Å²) in [6.45, 7) is 5.52. The maximum atomic E-state index is 12.7. The number of benzene rings is 2. The smallest absolute Gasteiger partial charge is 0.251 e. The van der Waals surface area contributed by atoms with Gasteiger partial charge in [0.2, 0.25) is 5.91 Å². The summed E-state index contributed by atoms with van der Waals surface area (Å²) in [4.78, 5) is 31.1. The molecular weight excluding hydrogens is 418 g/mol. The van der Waals surface area contributed by atoms with E-state index in [0.29, 0.717) is 43.4 Å². The van der Waals surface area contributed by atoms with E-state index in [2.05, 4.69) is 10.3 Å². The zero-order valence-electron chi connectivity index (χ0n) is 19.0. The molecule has 3 aromatic rings. The largest absolute Gasteiger partial charge is 0.490 e. The van der Waals surface area contributed by atoms with Crippen LogP contribution in [0.25, 0.3) is 0 Å². The molecule has 33 heavy (non-hydrogen) atoms. The summed E-state index contributed by atoms with van der Waals surface area (Å²) in [7, 11) is 0. The minimum absolute atomic E-state index is 0.0806. The molecule has 0 aliphatic heterocycles. The standard InChI is InChI=1S/C26H29N3O4/c1-3-29(18-20-9-6-5-7-10-20)25(30)17-28-26(31)22-12-13-23(24(15-22)32-4-2)33-19-21-11-8-14-27-16-21/h5-16H,3-4,17-19H2,1-2H3,(H,28,31). The monoisotopic (exact) mass is 447 g/mol. The molecule has 0 spiro atoms. The molecule has 7 heteroatoms. The van der Waals surface area contributed by atoms with Gasteiger partial charge in [-0.2, -0.15) is 0 Å². The summed E-state index contributed by atoms with van der Waals surface area (Å²) < 4.78 is 11.5. The third-order valence-electron chi connectivity index (χ3n) is 4.97. The number of ether oxygens (including phenoxy) is 2. The third-order valence-corrected chi connectivity index (χ3v) is 4.97. The van der Waals surface area contributed by atoms with Crippen LogP contribution in [0.2, 0.25) is 0 Å². The van der Waals surface area contributed by atoms with E-state index < -0.39 is 0 Å². The summed E-state index contributed by atoms with van der Waals surface area (Å²) in [5.74, 6) is 0.517. The van der Waals surface area contributed by atoms with Crippen LogP contribution in [0.1, 0.15) is 35.3 Å². The molecule has 0 fully saturated rings. The SMILES string of the molecule is CCOc1cc(C(=O)NCC(=O)N(CC)Cc2ccccc2)ccc1OCc1cccnc1. The average Bonchev–Trinajstić information content (AvgIpc) is 2.86. The molecule has 172 valence electrons. The number of carbonyl (C=O) groups excluding carboxylic acids is 2. The molecule has 0 aliphatic rings. The Morgan fingerprint density at radius 2 is 1.73 bits per heavy atom. The van der Waals surface area contributed by atoms with Gasteiger partial charge in [0.15, 0.2) is 11.5 Å². The molecule has 0 unspecified atom stereocenters. The first kappa shape index (κ1) is 23.8. The Morgan fingerprint density at radius 3 is 2.42 bits per heavy atom. The predicted molar refractivity (Wildman–Crippen MR) is 126 cm³/mol. The highest BCUT2D eigenvalue weighted by Crippen LogP contribution is 2.29. The van der Waals surface area contributed by atoms with E-state index in [9.17, 15) is 9.59 Å². The maximum absolute atomic E-state index is 12.7. The number of rotatable bonds is 11. The lowest BCUT2D eigenvalue weighted by atomic mass is 10.2. The van der Waals surface area contributed by atoms with Crippen molar-refractivity contribution in [3.63, 3.8) is 0 Å². The van der Waals surface area contributed by atoms with Crippen LogP contribution in [-0.2, 0) is 17.9 Å². The third kappa shape index (κ3) is 7.07. The van der Waals surface area contributed by atoms with E-state index in [1.807, 2.05) is 56.3 Å². The van der Waals surface area contributed by atoms with Crippen molar-refractivity contribution in [3.05, 3.63) is 89.7 Å². The van der Waals surface area contributed by atoms with Crippen molar-refractivity contribution in [1.82, 2.24) is 15.2 Å². The lowest BCUT2D eigenvalue weighted by Crippen LogP contribution is -2.39. The molecule has 1 N–H and O–H groups in total. The summed E-state index contributed by atoms with van der Waals surface area (Å²) in [6, 6.07) is 18.5. The van der Waals surface area contributed by atoms with Crippen LogP contribution in [0.4, 0.5) is 0 Å². The van der Waals surface area contributed by atoms with E-state index in [4.69, 9.17) is 9.47 Å². The molecule has 7 nitrogen and oxygen atoms in total. The number of hydrogen-bond acceptors (Lipinski definition) is 5. The molecule has 0 radical (unpaired) electrons. The molecule has 0 atom stereocenters. The van der Waals surface area contributed by atoms with Gasteiger partial charge in [0, 0.05) is 36.6 Å². The average molecular weight is 448 g/mol. The molecule has 0 bridgehead atoms. The molecule has 2 amide bonds. The van der Waals surface area contributed by atoms with E-state index in [1.165, 1.54) is 0 Å². The molecule has 2 aromatic carbocycles. The van der Waals surface area contributed by atoms with Gasteiger partial charge in [0.1, 0.15) is 6.61 Å². The van der Waals surface area contributed by atoms with Crippen molar-refractivity contribution in [2.75, 3.05) is 19.7 Å². The van der Waals surface area contributed by atoms with Gasteiger partial charge in [-0.25, -0.2) is 0 Å². The predicted octanol–water partition coefficient (Wildman–Crippen LogP) is 3.84. The normalized spacial score (nSPS) is 10.4. The second kappa shape index (κ2) is 12.2. The fourth-order valence-electron chi connectivity index (χ4n) is 3.23. The minimum Gasteiger partial charge on any atom is -0.490 e. The van der Waals surface area contributed by atoms with E-state index in [1.54, 1.807) is 35.5 Å². The number of aromatic nitrogens is 1. The Balaban J connectivity index is 1.60. The fourth-order valence-corrected chi connectivity index (χ4v) is 3.23.